The van der Waals surface area contributed by atoms with Crippen LogP contribution in [0.25, 0.3) is 17.1 Å². The first-order valence-electron chi connectivity index (χ1n) is 9.78. The molecule has 1 N–H and O–H groups in total. The van der Waals surface area contributed by atoms with E-state index in [9.17, 15) is 4.79 Å². The summed E-state index contributed by atoms with van der Waals surface area (Å²) in [6.45, 7) is 3.97. The number of carbonyl (C=O) groups excluding carboxylic acids is 1. The molecule has 4 rings (SSSR count). The molecule has 3 aromatic carbocycles. The Morgan fingerprint density at radius 3 is 2.45 bits per heavy atom. The lowest BCUT2D eigenvalue weighted by Gasteiger charge is -2.12. The summed E-state index contributed by atoms with van der Waals surface area (Å²) in [7, 11) is 0. The molecule has 0 spiro atoms. The van der Waals surface area contributed by atoms with Gasteiger partial charge in [0.25, 0.3) is 0 Å². The first-order chi connectivity index (χ1) is 15.0. The molecular weight excluding hydrogens is 428 g/mol. The first-order valence-corrected chi connectivity index (χ1v) is 11.1. The van der Waals surface area contributed by atoms with Crippen molar-refractivity contribution >= 4 is 35.0 Å². The summed E-state index contributed by atoms with van der Waals surface area (Å²) in [5.74, 6) is 0.812. The van der Waals surface area contributed by atoms with Crippen LogP contribution in [0, 0.1) is 13.8 Å². The molecule has 0 atom stereocenters. The molecule has 0 saturated carbocycles. The van der Waals surface area contributed by atoms with Gasteiger partial charge >= 0.3 is 0 Å². The quantitative estimate of drug-likeness (QED) is 0.371. The SMILES string of the molecule is Cc1ccc(NC(=O)CSc2nnc(-c3ccccc3C)n2-c2ccccc2)cc1Cl. The van der Waals surface area contributed by atoms with Gasteiger partial charge in [-0.05, 0) is 49.2 Å². The van der Waals surface area contributed by atoms with Gasteiger partial charge in [0.1, 0.15) is 0 Å². The van der Waals surface area contributed by atoms with Gasteiger partial charge in [0.2, 0.25) is 5.91 Å². The zero-order valence-electron chi connectivity index (χ0n) is 17.2. The number of carbonyl (C=O) groups is 1. The molecule has 0 aliphatic carbocycles. The highest BCUT2D eigenvalue weighted by Gasteiger charge is 2.18. The van der Waals surface area contributed by atoms with Crippen LogP contribution >= 0.6 is 23.4 Å². The maximum atomic E-state index is 12.5. The molecule has 0 aliphatic rings. The van der Waals surface area contributed by atoms with Crippen LogP contribution < -0.4 is 5.32 Å². The fourth-order valence-electron chi connectivity index (χ4n) is 3.17. The largest absolute Gasteiger partial charge is 0.325 e. The van der Waals surface area contributed by atoms with E-state index in [2.05, 4.69) is 15.5 Å². The van der Waals surface area contributed by atoms with E-state index in [1.165, 1.54) is 11.8 Å². The van der Waals surface area contributed by atoms with Gasteiger partial charge in [-0.3, -0.25) is 9.36 Å². The maximum Gasteiger partial charge on any atom is 0.234 e. The Balaban J connectivity index is 1.59. The number of anilines is 1. The van der Waals surface area contributed by atoms with Gasteiger partial charge in [0.05, 0.1) is 5.75 Å². The number of hydrogen-bond donors (Lipinski definition) is 1. The Morgan fingerprint density at radius 1 is 0.968 bits per heavy atom. The van der Waals surface area contributed by atoms with E-state index >= 15 is 0 Å². The molecular formula is C24H21ClN4OS. The van der Waals surface area contributed by atoms with Gasteiger partial charge in [0.15, 0.2) is 11.0 Å². The summed E-state index contributed by atoms with van der Waals surface area (Å²) in [5.41, 5.74) is 4.70. The molecule has 31 heavy (non-hydrogen) atoms. The standard InChI is InChI=1S/C24H21ClN4OS/c1-16-8-6-7-11-20(16)23-27-28-24(29(23)19-9-4-3-5-10-19)31-15-22(30)26-18-13-12-17(2)21(25)14-18/h3-14H,15H2,1-2H3,(H,26,30). The second-order valence-corrected chi connectivity index (χ2v) is 8.44. The summed E-state index contributed by atoms with van der Waals surface area (Å²) in [6, 6.07) is 23.5. The summed E-state index contributed by atoms with van der Waals surface area (Å²) in [4.78, 5) is 12.5. The number of para-hydroxylation sites is 1. The van der Waals surface area contributed by atoms with Gasteiger partial charge in [-0.2, -0.15) is 0 Å². The second-order valence-electron chi connectivity index (χ2n) is 7.09. The minimum absolute atomic E-state index is 0.134. The van der Waals surface area contributed by atoms with Crippen LogP contribution in [0.3, 0.4) is 0 Å². The molecule has 5 nitrogen and oxygen atoms in total. The number of nitrogens with one attached hydrogen (secondary N) is 1. The van der Waals surface area contributed by atoms with Crippen LogP contribution in [0.1, 0.15) is 11.1 Å². The lowest BCUT2D eigenvalue weighted by Crippen LogP contribution is -2.14. The summed E-state index contributed by atoms with van der Waals surface area (Å²) in [6.07, 6.45) is 0. The highest BCUT2D eigenvalue weighted by molar-refractivity contribution is 7.99. The number of thioether (sulfide) groups is 1. The number of halogens is 1. The van der Waals surface area contributed by atoms with Crippen molar-refractivity contribution in [3.8, 4) is 17.1 Å². The Kier molecular flexibility index (Phi) is 6.39. The minimum atomic E-state index is -0.134. The van der Waals surface area contributed by atoms with E-state index < -0.39 is 0 Å². The molecule has 0 unspecified atom stereocenters. The van der Waals surface area contributed by atoms with Gasteiger partial charge in [-0.15, -0.1) is 10.2 Å². The molecule has 0 fully saturated rings. The molecule has 1 amide bonds. The van der Waals surface area contributed by atoms with Crippen molar-refractivity contribution in [1.82, 2.24) is 14.8 Å². The third-order valence-electron chi connectivity index (χ3n) is 4.82. The van der Waals surface area contributed by atoms with Crippen LogP contribution in [-0.4, -0.2) is 26.4 Å². The summed E-state index contributed by atoms with van der Waals surface area (Å²) < 4.78 is 1.99. The second kappa shape index (κ2) is 9.37. The monoisotopic (exact) mass is 448 g/mol. The number of hydrogen-bond acceptors (Lipinski definition) is 4. The number of nitrogens with zero attached hydrogens (tertiary/aromatic N) is 3. The number of rotatable bonds is 6. The molecule has 0 aliphatic heterocycles. The maximum absolute atomic E-state index is 12.5. The molecule has 1 aromatic heterocycles. The van der Waals surface area contributed by atoms with Crippen LogP contribution in [0.5, 0.6) is 0 Å². The molecule has 4 aromatic rings. The summed E-state index contributed by atoms with van der Waals surface area (Å²) in [5, 5.41) is 13.0. The van der Waals surface area contributed by atoms with Crippen molar-refractivity contribution in [2.24, 2.45) is 0 Å². The van der Waals surface area contributed by atoms with Crippen LogP contribution in [-0.2, 0) is 4.79 Å². The van der Waals surface area contributed by atoms with E-state index in [-0.39, 0.29) is 11.7 Å². The van der Waals surface area contributed by atoms with Crippen LogP contribution in [0.2, 0.25) is 5.02 Å². The van der Waals surface area contributed by atoms with Gasteiger partial charge in [0, 0.05) is 22.0 Å². The van der Waals surface area contributed by atoms with Crippen molar-refractivity contribution in [3.63, 3.8) is 0 Å². The molecule has 0 saturated heterocycles. The average Bonchev–Trinajstić information content (AvgIpc) is 3.19. The Labute approximate surface area is 190 Å². The van der Waals surface area contributed by atoms with E-state index in [0.717, 1.165) is 28.2 Å². The number of aromatic nitrogens is 3. The normalized spacial score (nSPS) is 10.8. The zero-order valence-corrected chi connectivity index (χ0v) is 18.7. The number of benzene rings is 3. The van der Waals surface area contributed by atoms with Crippen LogP contribution in [0.4, 0.5) is 5.69 Å². The lowest BCUT2D eigenvalue weighted by molar-refractivity contribution is -0.113. The van der Waals surface area contributed by atoms with Crippen molar-refractivity contribution in [2.45, 2.75) is 19.0 Å². The third kappa shape index (κ3) is 4.81. The first kappa shape index (κ1) is 21.2. The zero-order chi connectivity index (χ0) is 21.8. The highest BCUT2D eigenvalue weighted by Crippen LogP contribution is 2.29. The molecule has 0 bridgehead atoms. The molecule has 156 valence electrons. The summed E-state index contributed by atoms with van der Waals surface area (Å²) >= 11 is 7.50. The van der Waals surface area contributed by atoms with Gasteiger partial charge < -0.3 is 5.32 Å². The lowest BCUT2D eigenvalue weighted by atomic mass is 10.1. The van der Waals surface area contributed by atoms with Gasteiger partial charge in [-0.25, -0.2) is 0 Å². The predicted molar refractivity (Wildman–Crippen MR) is 127 cm³/mol. The van der Waals surface area contributed by atoms with Crippen molar-refractivity contribution in [2.75, 3.05) is 11.1 Å². The Bertz CT molecular complexity index is 1220. The minimum Gasteiger partial charge on any atom is -0.325 e. The molecule has 7 heteroatoms. The van der Waals surface area contributed by atoms with E-state index in [1.807, 2.05) is 85.1 Å². The Hall–Kier alpha value is -3.09. The predicted octanol–water partition coefficient (Wildman–Crippen LogP) is 5.94. The van der Waals surface area contributed by atoms with Crippen molar-refractivity contribution in [1.29, 1.82) is 0 Å². The third-order valence-corrected chi connectivity index (χ3v) is 6.16. The fraction of sp³-hybridized carbons (Fsp3) is 0.125. The average molecular weight is 449 g/mol. The number of amides is 1. The molecule has 1 heterocycles. The molecule has 0 radical (unpaired) electrons. The number of aryl methyl sites for hydroxylation is 2. The fourth-order valence-corrected chi connectivity index (χ4v) is 4.10. The van der Waals surface area contributed by atoms with E-state index in [1.54, 1.807) is 6.07 Å². The van der Waals surface area contributed by atoms with Crippen LogP contribution in [0.15, 0.2) is 78.0 Å². The van der Waals surface area contributed by atoms with Gasteiger partial charge in [-0.1, -0.05) is 71.9 Å². The van der Waals surface area contributed by atoms with E-state index in [0.29, 0.717) is 15.9 Å². The van der Waals surface area contributed by atoms with Crippen molar-refractivity contribution in [3.05, 3.63) is 88.9 Å². The smallest absolute Gasteiger partial charge is 0.234 e. The van der Waals surface area contributed by atoms with E-state index in [4.69, 9.17) is 11.6 Å². The Morgan fingerprint density at radius 2 is 1.71 bits per heavy atom. The highest BCUT2D eigenvalue weighted by atomic mass is 35.5. The topological polar surface area (TPSA) is 59.8 Å². The van der Waals surface area contributed by atoms with Crippen molar-refractivity contribution < 1.29 is 4.79 Å².